The van der Waals surface area contributed by atoms with Crippen LogP contribution in [0.4, 0.5) is 0 Å². The van der Waals surface area contributed by atoms with Crippen LogP contribution >= 0.6 is 0 Å². The Bertz CT molecular complexity index is 1040. The average molecular weight is 359 g/mol. The summed E-state index contributed by atoms with van der Waals surface area (Å²) >= 11 is 0. The van der Waals surface area contributed by atoms with Crippen molar-refractivity contribution in [2.24, 2.45) is 0 Å². The van der Waals surface area contributed by atoms with Crippen LogP contribution in [-0.4, -0.2) is 23.2 Å². The molecule has 0 amide bonds. The number of hydrogen-bond donors (Lipinski definition) is 0. The molecule has 7 heteroatoms. The molecule has 2 heterocycles. The maximum Gasteiger partial charge on any atom is 0.342 e. The molecule has 3 rings (SSSR count). The van der Waals surface area contributed by atoms with Crippen LogP contribution in [0.25, 0.3) is 10.9 Å². The van der Waals surface area contributed by atoms with E-state index in [0.717, 1.165) is 5.39 Å². The Morgan fingerprint density at radius 3 is 2.40 bits per heavy atom. The molecule has 0 aliphatic heterocycles. The van der Waals surface area contributed by atoms with Crippen molar-refractivity contribution < 1.29 is 12.6 Å². The van der Waals surface area contributed by atoms with Gasteiger partial charge in [0.1, 0.15) is 10.4 Å². The second kappa shape index (κ2) is 5.84. The van der Waals surface area contributed by atoms with Gasteiger partial charge in [-0.25, -0.2) is 0 Å². The summed E-state index contributed by atoms with van der Waals surface area (Å²) in [6.45, 7) is 9.32. The largest absolute Gasteiger partial charge is 0.377 e. The van der Waals surface area contributed by atoms with Crippen LogP contribution in [0.3, 0.4) is 0 Å². The molecule has 3 aromatic rings. The van der Waals surface area contributed by atoms with E-state index in [1.54, 1.807) is 42.9 Å². The molecular formula is C18H21N3O3S. The van der Waals surface area contributed by atoms with E-state index in [4.69, 9.17) is 4.18 Å². The molecule has 0 saturated heterocycles. The molecule has 2 aromatic heterocycles. The fourth-order valence-electron chi connectivity index (χ4n) is 2.95. The molecule has 132 valence electrons. The second-order valence-electron chi connectivity index (χ2n) is 6.95. The summed E-state index contributed by atoms with van der Waals surface area (Å²) in [5.41, 5.74) is 1.15. The van der Waals surface area contributed by atoms with Crippen molar-refractivity contribution in [2.75, 3.05) is 0 Å². The Balaban J connectivity index is 2.11. The van der Waals surface area contributed by atoms with Crippen LogP contribution in [0, 0.1) is 13.8 Å². The van der Waals surface area contributed by atoms with Crippen LogP contribution in [0.5, 0.6) is 5.75 Å². The summed E-state index contributed by atoms with van der Waals surface area (Å²) in [6.07, 6.45) is 1.61. The normalized spacial score (nSPS) is 12.5. The van der Waals surface area contributed by atoms with E-state index in [2.05, 4.69) is 10.1 Å². The molecule has 0 spiro atoms. The summed E-state index contributed by atoms with van der Waals surface area (Å²) in [4.78, 5) is 4.34. The molecule has 0 saturated carbocycles. The van der Waals surface area contributed by atoms with Gasteiger partial charge >= 0.3 is 10.1 Å². The summed E-state index contributed by atoms with van der Waals surface area (Å²) in [5.74, 6) is 0.209. The highest BCUT2D eigenvalue weighted by Gasteiger charge is 2.30. The fourth-order valence-corrected chi connectivity index (χ4v) is 4.25. The average Bonchev–Trinajstić information content (AvgIpc) is 2.83. The Morgan fingerprint density at radius 1 is 1.08 bits per heavy atom. The van der Waals surface area contributed by atoms with Crippen molar-refractivity contribution in [1.29, 1.82) is 0 Å². The smallest absolute Gasteiger partial charge is 0.342 e. The van der Waals surface area contributed by atoms with E-state index in [1.807, 2.05) is 32.9 Å². The third-order valence-corrected chi connectivity index (χ3v) is 5.40. The minimum Gasteiger partial charge on any atom is -0.377 e. The van der Waals surface area contributed by atoms with E-state index < -0.39 is 10.1 Å². The molecule has 0 radical (unpaired) electrons. The molecule has 0 fully saturated rings. The Hall–Kier alpha value is -2.41. The molecule has 0 bridgehead atoms. The monoisotopic (exact) mass is 359 g/mol. The number of benzene rings is 1. The zero-order chi connectivity index (χ0) is 18.4. The van der Waals surface area contributed by atoms with E-state index in [-0.39, 0.29) is 16.2 Å². The van der Waals surface area contributed by atoms with Gasteiger partial charge in [0.25, 0.3) is 0 Å². The van der Waals surface area contributed by atoms with Crippen LogP contribution in [0.1, 0.15) is 32.2 Å². The third-order valence-electron chi connectivity index (χ3n) is 3.91. The first kappa shape index (κ1) is 17.4. The lowest BCUT2D eigenvalue weighted by Gasteiger charge is -2.21. The van der Waals surface area contributed by atoms with E-state index in [9.17, 15) is 8.42 Å². The lowest BCUT2D eigenvalue weighted by Crippen LogP contribution is -2.24. The topological polar surface area (TPSA) is 74.1 Å². The predicted molar refractivity (Wildman–Crippen MR) is 96.3 cm³/mol. The molecule has 25 heavy (non-hydrogen) atoms. The zero-order valence-corrected chi connectivity index (χ0v) is 15.8. The summed E-state index contributed by atoms with van der Waals surface area (Å²) in [7, 11) is -4.03. The number of nitrogens with zero attached hydrogens (tertiary/aromatic N) is 3. The molecule has 1 aromatic carbocycles. The number of para-hydroxylation sites is 1. The van der Waals surface area contributed by atoms with Gasteiger partial charge in [0, 0.05) is 11.6 Å². The highest BCUT2D eigenvalue weighted by atomic mass is 32.2. The van der Waals surface area contributed by atoms with E-state index >= 15 is 0 Å². The molecule has 0 aliphatic rings. The predicted octanol–water partition coefficient (Wildman–Crippen LogP) is 3.57. The number of aryl methyl sites for hydroxylation is 1. The van der Waals surface area contributed by atoms with Crippen LogP contribution in [0.15, 0.2) is 41.4 Å². The first-order chi connectivity index (χ1) is 11.6. The molecule has 0 N–H and O–H groups in total. The molecule has 0 unspecified atom stereocenters. The van der Waals surface area contributed by atoms with Gasteiger partial charge in [-0.2, -0.15) is 13.5 Å². The quantitative estimate of drug-likeness (QED) is 0.668. The standard InChI is InChI=1S/C18H21N3O3S/c1-12-17(13(2)21(20-12)18(3,4)5)25(22,23)24-15-10-6-8-14-9-7-11-19-16(14)15/h6-11H,1-5H3. The van der Waals surface area contributed by atoms with Crippen LogP contribution < -0.4 is 4.18 Å². The molecule has 6 nitrogen and oxygen atoms in total. The third kappa shape index (κ3) is 3.11. The van der Waals surface area contributed by atoms with Gasteiger partial charge < -0.3 is 4.18 Å². The van der Waals surface area contributed by atoms with E-state index in [0.29, 0.717) is 16.9 Å². The fraction of sp³-hybridized carbons (Fsp3) is 0.333. The summed E-state index contributed by atoms with van der Waals surface area (Å²) in [5, 5.41) is 5.21. The number of fused-ring (bicyclic) bond motifs is 1. The van der Waals surface area contributed by atoms with Crippen molar-refractivity contribution in [3.63, 3.8) is 0 Å². The van der Waals surface area contributed by atoms with Crippen molar-refractivity contribution in [2.45, 2.75) is 45.1 Å². The SMILES string of the molecule is Cc1nn(C(C)(C)C)c(C)c1S(=O)(=O)Oc1cccc2cccnc12. The summed E-state index contributed by atoms with van der Waals surface area (Å²) in [6, 6.07) is 8.85. The van der Waals surface area contributed by atoms with E-state index in [1.165, 1.54) is 0 Å². The van der Waals surface area contributed by atoms with Crippen molar-refractivity contribution in [3.8, 4) is 5.75 Å². The van der Waals surface area contributed by atoms with Crippen molar-refractivity contribution >= 4 is 21.0 Å². The zero-order valence-electron chi connectivity index (χ0n) is 14.9. The number of pyridine rings is 1. The van der Waals surface area contributed by atoms with Gasteiger partial charge in [0.05, 0.1) is 16.9 Å². The Labute approximate surface area is 147 Å². The van der Waals surface area contributed by atoms with Gasteiger partial charge in [0.15, 0.2) is 5.75 Å². The Kier molecular flexibility index (Phi) is 4.07. The van der Waals surface area contributed by atoms with Crippen LogP contribution in [0.2, 0.25) is 0 Å². The minimum absolute atomic E-state index is 0.107. The highest BCUT2D eigenvalue weighted by molar-refractivity contribution is 7.87. The first-order valence-electron chi connectivity index (χ1n) is 7.96. The van der Waals surface area contributed by atoms with Crippen LogP contribution in [-0.2, 0) is 15.7 Å². The number of rotatable bonds is 3. The van der Waals surface area contributed by atoms with Gasteiger partial charge in [-0.3, -0.25) is 9.67 Å². The minimum atomic E-state index is -4.03. The molecule has 0 atom stereocenters. The molecular weight excluding hydrogens is 338 g/mol. The van der Waals surface area contributed by atoms with Gasteiger partial charge in [0.2, 0.25) is 0 Å². The maximum absolute atomic E-state index is 12.9. The van der Waals surface area contributed by atoms with Gasteiger partial charge in [-0.15, -0.1) is 0 Å². The second-order valence-corrected chi connectivity index (χ2v) is 8.43. The molecule has 0 aliphatic carbocycles. The summed E-state index contributed by atoms with van der Waals surface area (Å²) < 4.78 is 33.0. The lowest BCUT2D eigenvalue weighted by atomic mass is 10.1. The van der Waals surface area contributed by atoms with Gasteiger partial charge in [-0.1, -0.05) is 18.2 Å². The maximum atomic E-state index is 12.9. The Morgan fingerprint density at radius 2 is 1.76 bits per heavy atom. The van der Waals surface area contributed by atoms with Gasteiger partial charge in [-0.05, 0) is 46.8 Å². The van der Waals surface area contributed by atoms with Crippen molar-refractivity contribution in [1.82, 2.24) is 14.8 Å². The lowest BCUT2D eigenvalue weighted by molar-refractivity contribution is 0.345. The van der Waals surface area contributed by atoms with Crippen molar-refractivity contribution in [3.05, 3.63) is 47.9 Å². The number of aromatic nitrogens is 3. The highest BCUT2D eigenvalue weighted by Crippen LogP contribution is 2.30. The number of hydrogen-bond acceptors (Lipinski definition) is 5. The first-order valence-corrected chi connectivity index (χ1v) is 9.37.